The number of hydrogen-bond donors (Lipinski definition) is 2. The number of carboxylic acids is 1. The van der Waals surface area contributed by atoms with Crippen LogP contribution in [-0.4, -0.2) is 36.9 Å². The Labute approximate surface area is 134 Å². The van der Waals surface area contributed by atoms with Crippen molar-refractivity contribution in [2.24, 2.45) is 5.10 Å². The number of amides is 1. The SMILES string of the molecule is COc1cc(/C=N/NC(=O)CC#N)cc(Br)c1OCC(=O)O. The second-order valence-corrected chi connectivity index (χ2v) is 4.70. The molecule has 0 aliphatic rings. The molecule has 1 aromatic carbocycles. The van der Waals surface area contributed by atoms with Crippen LogP contribution < -0.4 is 14.9 Å². The number of benzene rings is 1. The largest absolute Gasteiger partial charge is 0.493 e. The summed E-state index contributed by atoms with van der Waals surface area (Å²) < 4.78 is 10.7. The maximum atomic E-state index is 11.1. The number of carbonyl (C=O) groups excluding carboxylic acids is 1. The molecule has 0 radical (unpaired) electrons. The summed E-state index contributed by atoms with van der Waals surface area (Å²) in [4.78, 5) is 21.6. The molecule has 2 N–H and O–H groups in total. The van der Waals surface area contributed by atoms with Crippen LogP contribution in [0.25, 0.3) is 0 Å². The van der Waals surface area contributed by atoms with Crippen molar-refractivity contribution in [3.8, 4) is 17.6 Å². The van der Waals surface area contributed by atoms with Crippen LogP contribution in [-0.2, 0) is 9.59 Å². The first kappa shape index (κ1) is 17.5. The van der Waals surface area contributed by atoms with Crippen LogP contribution in [0, 0.1) is 11.3 Å². The number of methoxy groups -OCH3 is 1. The lowest BCUT2D eigenvalue weighted by molar-refractivity contribution is -0.139. The first-order valence-electron chi connectivity index (χ1n) is 5.89. The molecule has 0 aliphatic carbocycles. The van der Waals surface area contributed by atoms with Crippen LogP contribution in [0.2, 0.25) is 0 Å². The predicted octanol–water partition coefficient (Wildman–Crippen LogP) is 1.28. The molecule has 0 atom stereocenters. The minimum absolute atomic E-state index is 0.246. The molecule has 0 bridgehead atoms. The van der Waals surface area contributed by atoms with E-state index in [1.165, 1.54) is 13.3 Å². The summed E-state index contributed by atoms with van der Waals surface area (Å²) in [6, 6.07) is 4.86. The third-order valence-corrected chi connectivity index (χ3v) is 2.82. The minimum Gasteiger partial charge on any atom is -0.493 e. The maximum absolute atomic E-state index is 11.1. The Balaban J connectivity index is 2.88. The molecule has 116 valence electrons. The monoisotopic (exact) mass is 369 g/mol. The van der Waals surface area contributed by atoms with Crippen LogP contribution in [0.5, 0.6) is 11.5 Å². The van der Waals surface area contributed by atoms with Crippen molar-refractivity contribution in [1.29, 1.82) is 5.26 Å². The molecule has 0 aliphatic heterocycles. The molecule has 0 unspecified atom stereocenters. The van der Waals surface area contributed by atoms with Crippen LogP contribution in [0.1, 0.15) is 12.0 Å². The van der Waals surface area contributed by atoms with E-state index >= 15 is 0 Å². The molecule has 0 saturated carbocycles. The third-order valence-electron chi connectivity index (χ3n) is 2.23. The number of halogens is 1. The summed E-state index contributed by atoms with van der Waals surface area (Å²) in [7, 11) is 1.41. The van der Waals surface area contributed by atoms with E-state index in [1.807, 2.05) is 0 Å². The van der Waals surface area contributed by atoms with E-state index < -0.39 is 18.5 Å². The molecule has 9 heteroatoms. The van der Waals surface area contributed by atoms with E-state index in [4.69, 9.17) is 19.8 Å². The molecule has 0 aromatic heterocycles. The molecular formula is C13H12BrN3O5. The van der Waals surface area contributed by atoms with Gasteiger partial charge in [-0.15, -0.1) is 0 Å². The van der Waals surface area contributed by atoms with E-state index in [-0.39, 0.29) is 12.2 Å². The molecule has 8 nitrogen and oxygen atoms in total. The number of nitrogens with one attached hydrogen (secondary N) is 1. The predicted molar refractivity (Wildman–Crippen MR) is 79.8 cm³/mol. The summed E-state index contributed by atoms with van der Waals surface area (Å²) in [6.07, 6.45) is 1.07. The number of aliphatic carboxylic acids is 1. The Bertz CT molecular complexity index is 639. The summed E-state index contributed by atoms with van der Waals surface area (Å²) in [5.41, 5.74) is 2.76. The quantitative estimate of drug-likeness (QED) is 0.551. The number of carbonyl (C=O) groups is 2. The maximum Gasteiger partial charge on any atom is 0.341 e. The molecule has 1 aromatic rings. The first-order valence-corrected chi connectivity index (χ1v) is 6.68. The van der Waals surface area contributed by atoms with E-state index in [0.29, 0.717) is 15.8 Å². The van der Waals surface area contributed by atoms with Gasteiger partial charge in [-0.05, 0) is 33.6 Å². The lowest BCUT2D eigenvalue weighted by Crippen LogP contribution is -2.16. The molecule has 0 spiro atoms. The van der Waals surface area contributed by atoms with Gasteiger partial charge in [0.1, 0.15) is 6.42 Å². The van der Waals surface area contributed by atoms with Crippen LogP contribution >= 0.6 is 15.9 Å². The molecule has 0 fully saturated rings. The van der Waals surface area contributed by atoms with Gasteiger partial charge in [-0.1, -0.05) is 0 Å². The fourth-order valence-electron chi connectivity index (χ4n) is 1.38. The zero-order valence-electron chi connectivity index (χ0n) is 11.5. The Morgan fingerprint density at radius 1 is 1.55 bits per heavy atom. The highest BCUT2D eigenvalue weighted by molar-refractivity contribution is 9.10. The molecule has 1 amide bonds. The van der Waals surface area contributed by atoms with Gasteiger partial charge in [-0.2, -0.15) is 10.4 Å². The number of hydrogen-bond acceptors (Lipinski definition) is 6. The normalized spacial score (nSPS) is 10.0. The van der Waals surface area contributed by atoms with Gasteiger partial charge in [0.25, 0.3) is 5.91 Å². The highest BCUT2D eigenvalue weighted by atomic mass is 79.9. The van der Waals surface area contributed by atoms with Gasteiger partial charge >= 0.3 is 5.97 Å². The summed E-state index contributed by atoms with van der Waals surface area (Å²) in [6.45, 7) is -0.507. The standard InChI is InChI=1S/C13H12BrN3O5/c1-21-10-5-8(6-16-17-11(18)2-3-15)4-9(14)13(10)22-7-12(19)20/h4-6H,2,7H2,1H3,(H,17,18)(H,19,20)/b16-6+. The number of carboxylic acid groups (broad SMARTS) is 1. The second kappa shape index (κ2) is 8.63. The summed E-state index contributed by atoms with van der Waals surface area (Å²) >= 11 is 3.24. The Morgan fingerprint density at radius 3 is 2.86 bits per heavy atom. The van der Waals surface area contributed by atoms with E-state index in [0.717, 1.165) is 0 Å². The number of rotatable bonds is 7. The molecule has 0 saturated heterocycles. The highest BCUT2D eigenvalue weighted by Crippen LogP contribution is 2.36. The molecule has 1 rings (SSSR count). The number of ether oxygens (including phenoxy) is 2. The van der Waals surface area contributed by atoms with Gasteiger partial charge in [0, 0.05) is 0 Å². The molecular weight excluding hydrogens is 358 g/mol. The minimum atomic E-state index is -1.11. The van der Waals surface area contributed by atoms with Crippen molar-refractivity contribution in [1.82, 2.24) is 5.43 Å². The fourth-order valence-corrected chi connectivity index (χ4v) is 1.95. The van der Waals surface area contributed by atoms with E-state index in [9.17, 15) is 9.59 Å². The summed E-state index contributed by atoms with van der Waals surface area (Å²) in [5, 5.41) is 20.7. The van der Waals surface area contributed by atoms with Crippen molar-refractivity contribution in [3.63, 3.8) is 0 Å². The number of nitriles is 1. The molecule has 22 heavy (non-hydrogen) atoms. The van der Waals surface area contributed by atoms with Crippen LogP contribution in [0.3, 0.4) is 0 Å². The van der Waals surface area contributed by atoms with E-state index in [1.54, 1.807) is 18.2 Å². The van der Waals surface area contributed by atoms with Gasteiger partial charge in [0.05, 0.1) is 23.9 Å². The Morgan fingerprint density at radius 2 is 2.27 bits per heavy atom. The van der Waals surface area contributed by atoms with Gasteiger partial charge in [-0.25, -0.2) is 10.2 Å². The van der Waals surface area contributed by atoms with Crippen molar-refractivity contribution in [3.05, 3.63) is 22.2 Å². The Kier molecular flexibility index (Phi) is 6.85. The van der Waals surface area contributed by atoms with Crippen molar-refractivity contribution < 1.29 is 24.2 Å². The lowest BCUT2D eigenvalue weighted by Gasteiger charge is -2.12. The fraction of sp³-hybridized carbons (Fsp3) is 0.231. The third kappa shape index (κ3) is 5.41. The van der Waals surface area contributed by atoms with Gasteiger partial charge < -0.3 is 14.6 Å². The van der Waals surface area contributed by atoms with Crippen LogP contribution in [0.15, 0.2) is 21.7 Å². The average molecular weight is 370 g/mol. The van der Waals surface area contributed by atoms with E-state index in [2.05, 4.69) is 26.5 Å². The van der Waals surface area contributed by atoms with Crippen molar-refractivity contribution in [2.45, 2.75) is 6.42 Å². The Hall–Kier alpha value is -2.60. The second-order valence-electron chi connectivity index (χ2n) is 3.84. The zero-order chi connectivity index (χ0) is 16.5. The lowest BCUT2D eigenvalue weighted by atomic mass is 10.2. The summed E-state index contributed by atoms with van der Waals surface area (Å²) in [5.74, 6) is -1.08. The van der Waals surface area contributed by atoms with Gasteiger partial charge in [-0.3, -0.25) is 4.79 Å². The van der Waals surface area contributed by atoms with Crippen molar-refractivity contribution >= 4 is 34.0 Å². The number of hydrazone groups is 1. The number of nitrogens with zero attached hydrogens (tertiary/aromatic N) is 2. The van der Waals surface area contributed by atoms with Gasteiger partial charge in [0.15, 0.2) is 18.1 Å². The topological polar surface area (TPSA) is 121 Å². The first-order chi connectivity index (χ1) is 10.5. The highest BCUT2D eigenvalue weighted by Gasteiger charge is 2.12. The zero-order valence-corrected chi connectivity index (χ0v) is 13.1. The average Bonchev–Trinajstić information content (AvgIpc) is 2.45. The van der Waals surface area contributed by atoms with Crippen molar-refractivity contribution in [2.75, 3.05) is 13.7 Å². The van der Waals surface area contributed by atoms with Gasteiger partial charge in [0.2, 0.25) is 0 Å². The molecule has 0 heterocycles. The smallest absolute Gasteiger partial charge is 0.341 e. The van der Waals surface area contributed by atoms with Crippen LogP contribution in [0.4, 0.5) is 0 Å².